The average molecular weight is 309 g/mol. The van der Waals surface area contributed by atoms with Crippen molar-refractivity contribution in [3.05, 3.63) is 28.3 Å². The summed E-state index contributed by atoms with van der Waals surface area (Å²) in [4.78, 5) is 11.9. The van der Waals surface area contributed by atoms with Crippen molar-refractivity contribution in [2.24, 2.45) is 5.73 Å². The Kier molecular flexibility index (Phi) is 4.54. The van der Waals surface area contributed by atoms with E-state index in [4.69, 9.17) is 22.7 Å². The number of halogens is 1. The van der Waals surface area contributed by atoms with Crippen LogP contribution in [0.15, 0.2) is 12.1 Å². The summed E-state index contributed by atoms with van der Waals surface area (Å²) in [7, 11) is 0. The first-order valence-electron chi connectivity index (χ1n) is 7.21. The monoisotopic (exact) mass is 308 g/mol. The Hall–Kier alpha value is -1.59. The molecule has 0 saturated heterocycles. The van der Waals surface area contributed by atoms with E-state index >= 15 is 0 Å². The van der Waals surface area contributed by atoms with Crippen molar-refractivity contribution in [3.8, 4) is 0 Å². The Labute approximate surface area is 129 Å². The van der Waals surface area contributed by atoms with Crippen LogP contribution in [0.1, 0.15) is 44.2 Å². The molecular weight excluding hydrogens is 288 g/mol. The molecule has 114 valence electrons. The number of fused-ring (bicyclic) bond motifs is 1. The lowest BCUT2D eigenvalue weighted by Crippen LogP contribution is -2.65. The maximum absolute atomic E-state index is 11.9. The van der Waals surface area contributed by atoms with Gasteiger partial charge >= 0.3 is 0 Å². The van der Waals surface area contributed by atoms with Crippen molar-refractivity contribution in [2.75, 3.05) is 5.43 Å². The van der Waals surface area contributed by atoms with Gasteiger partial charge in [0.2, 0.25) is 5.91 Å². The van der Waals surface area contributed by atoms with Crippen LogP contribution in [0.2, 0.25) is 5.02 Å². The van der Waals surface area contributed by atoms with Crippen LogP contribution in [-0.2, 0) is 11.2 Å². The minimum atomic E-state index is -1.17. The summed E-state index contributed by atoms with van der Waals surface area (Å²) in [5.74, 6) is -0.542. The fourth-order valence-corrected chi connectivity index (χ4v) is 3.05. The second-order valence-corrected chi connectivity index (χ2v) is 5.75. The van der Waals surface area contributed by atoms with E-state index in [2.05, 4.69) is 17.8 Å². The molecular formula is C15H21ClN4O. The molecule has 0 fully saturated rings. The maximum Gasteiger partial charge on any atom is 0.245 e. The predicted molar refractivity (Wildman–Crippen MR) is 85.9 cm³/mol. The highest BCUT2D eigenvalue weighted by molar-refractivity contribution is 6.32. The first kappa shape index (κ1) is 15.8. The lowest BCUT2D eigenvalue weighted by Gasteiger charge is -2.38. The molecule has 1 heterocycles. The molecule has 1 unspecified atom stereocenters. The third-order valence-corrected chi connectivity index (χ3v) is 4.25. The van der Waals surface area contributed by atoms with Gasteiger partial charge in [-0.05, 0) is 30.5 Å². The van der Waals surface area contributed by atoms with E-state index in [1.165, 1.54) is 0 Å². The molecule has 0 saturated carbocycles. The van der Waals surface area contributed by atoms with Crippen molar-refractivity contribution in [1.82, 2.24) is 5.43 Å². The number of carbonyl (C=O) groups excluding carboxylic acids is 1. The summed E-state index contributed by atoms with van der Waals surface area (Å²) >= 11 is 6.25. The number of amides is 1. The van der Waals surface area contributed by atoms with Crippen LogP contribution in [-0.4, -0.2) is 17.2 Å². The fourth-order valence-electron chi connectivity index (χ4n) is 2.80. The van der Waals surface area contributed by atoms with Crippen LogP contribution < -0.4 is 16.6 Å². The summed E-state index contributed by atoms with van der Waals surface area (Å²) in [6, 6.07) is 3.56. The molecule has 0 aromatic heterocycles. The largest absolute Gasteiger partial charge is 0.368 e. The van der Waals surface area contributed by atoms with Gasteiger partial charge < -0.3 is 16.6 Å². The number of nitrogens with two attached hydrogens (primary N) is 1. The molecule has 1 aromatic rings. The minimum Gasteiger partial charge on any atom is -0.368 e. The molecule has 5 N–H and O–H groups in total. The number of rotatable bonds is 5. The van der Waals surface area contributed by atoms with E-state index in [0.29, 0.717) is 17.0 Å². The zero-order valence-corrected chi connectivity index (χ0v) is 13.1. The normalized spacial score (nSPS) is 20.8. The van der Waals surface area contributed by atoms with Crippen molar-refractivity contribution >= 4 is 28.9 Å². The fraction of sp³-hybridized carbons (Fsp3) is 0.467. The van der Waals surface area contributed by atoms with Gasteiger partial charge in [0, 0.05) is 10.6 Å². The lowest BCUT2D eigenvalue weighted by atomic mass is 9.81. The summed E-state index contributed by atoms with van der Waals surface area (Å²) in [6.07, 6.45) is 2.96. The van der Waals surface area contributed by atoms with Gasteiger partial charge in [-0.15, -0.1) is 0 Å². The van der Waals surface area contributed by atoms with Gasteiger partial charge in [-0.2, -0.15) is 0 Å². The molecule has 0 spiro atoms. The van der Waals surface area contributed by atoms with Crippen molar-refractivity contribution in [2.45, 2.75) is 45.1 Å². The molecule has 5 nitrogen and oxygen atoms in total. The quantitative estimate of drug-likeness (QED) is 0.674. The summed E-state index contributed by atoms with van der Waals surface area (Å²) in [6.45, 7) is 4.03. The molecule has 1 atom stereocenters. The Bertz CT molecular complexity index is 587. The molecule has 2 rings (SSSR count). The number of benzene rings is 1. The van der Waals surface area contributed by atoms with E-state index < -0.39 is 11.4 Å². The van der Waals surface area contributed by atoms with Gasteiger partial charge in [-0.3, -0.25) is 4.79 Å². The summed E-state index contributed by atoms with van der Waals surface area (Å²) in [5.41, 5.74) is 13.1. The highest BCUT2D eigenvalue weighted by atomic mass is 35.5. The molecule has 1 amide bonds. The van der Waals surface area contributed by atoms with E-state index in [-0.39, 0.29) is 5.71 Å². The van der Waals surface area contributed by atoms with Crippen molar-refractivity contribution in [3.63, 3.8) is 0 Å². The molecule has 0 aliphatic carbocycles. The Morgan fingerprint density at radius 3 is 2.67 bits per heavy atom. The zero-order valence-electron chi connectivity index (χ0n) is 12.3. The van der Waals surface area contributed by atoms with Crippen LogP contribution in [0.4, 0.5) is 5.69 Å². The molecule has 1 aliphatic heterocycles. The van der Waals surface area contributed by atoms with Crippen LogP contribution >= 0.6 is 11.6 Å². The number of carbonyl (C=O) groups is 1. The van der Waals surface area contributed by atoms with Gasteiger partial charge in [0.25, 0.3) is 0 Å². The van der Waals surface area contributed by atoms with Crippen LogP contribution in [0.25, 0.3) is 0 Å². The summed E-state index contributed by atoms with van der Waals surface area (Å²) in [5, 5.41) is 9.13. The van der Waals surface area contributed by atoms with Gasteiger partial charge in [-0.25, -0.2) is 5.43 Å². The topological polar surface area (TPSA) is 91.0 Å². The number of hydrogen-bond donors (Lipinski definition) is 4. The molecule has 1 aliphatic rings. The van der Waals surface area contributed by atoms with Crippen LogP contribution in [0, 0.1) is 5.41 Å². The Morgan fingerprint density at radius 2 is 2.10 bits per heavy atom. The smallest absolute Gasteiger partial charge is 0.245 e. The lowest BCUT2D eigenvalue weighted by molar-refractivity contribution is -0.122. The Morgan fingerprint density at radius 1 is 1.38 bits per heavy atom. The number of nitrogens with one attached hydrogen (secondary N) is 3. The highest BCUT2D eigenvalue weighted by Crippen LogP contribution is 2.35. The average Bonchev–Trinajstić information content (AvgIpc) is 2.45. The van der Waals surface area contributed by atoms with Gasteiger partial charge in [0.15, 0.2) is 5.54 Å². The van der Waals surface area contributed by atoms with E-state index in [1.54, 1.807) is 12.1 Å². The van der Waals surface area contributed by atoms with Gasteiger partial charge in [0.05, 0.1) is 11.4 Å². The minimum absolute atomic E-state index is 0.208. The van der Waals surface area contributed by atoms with Crippen molar-refractivity contribution < 1.29 is 4.79 Å². The van der Waals surface area contributed by atoms with Gasteiger partial charge in [0.1, 0.15) is 0 Å². The van der Waals surface area contributed by atoms with Gasteiger partial charge in [-0.1, -0.05) is 38.3 Å². The first-order valence-corrected chi connectivity index (χ1v) is 7.59. The molecule has 6 heteroatoms. The number of primary amides is 1. The Balaban J connectivity index is 2.54. The molecule has 21 heavy (non-hydrogen) atoms. The molecule has 0 radical (unpaired) electrons. The SMILES string of the molecule is CCCc1c(Cl)ccc2c1NNC(CCC)(C(N)=O)C2=N. The third-order valence-electron chi connectivity index (χ3n) is 3.90. The molecule has 1 aromatic carbocycles. The maximum atomic E-state index is 11.9. The van der Waals surface area contributed by atoms with E-state index in [0.717, 1.165) is 30.5 Å². The molecule has 0 bridgehead atoms. The van der Waals surface area contributed by atoms with E-state index in [1.807, 2.05) is 6.92 Å². The van der Waals surface area contributed by atoms with Crippen LogP contribution in [0.5, 0.6) is 0 Å². The number of hydrazine groups is 1. The number of hydrogen-bond acceptors (Lipinski definition) is 4. The number of anilines is 1. The summed E-state index contributed by atoms with van der Waals surface area (Å²) < 4.78 is 0. The first-order chi connectivity index (χ1) is 9.97. The van der Waals surface area contributed by atoms with Crippen molar-refractivity contribution in [1.29, 1.82) is 5.41 Å². The standard InChI is InChI=1S/C15H21ClN4O/c1-3-5-9-11(16)7-6-10-12(9)19-20-15(8-4-2,13(10)17)14(18)21/h6-7,17,19-20H,3-5,8H2,1-2H3,(H2,18,21). The zero-order chi connectivity index (χ0) is 15.6. The third kappa shape index (κ3) is 2.51. The second-order valence-electron chi connectivity index (χ2n) is 5.34. The highest BCUT2D eigenvalue weighted by Gasteiger charge is 2.44. The second kappa shape index (κ2) is 6.03. The van der Waals surface area contributed by atoms with Crippen LogP contribution in [0.3, 0.4) is 0 Å². The van der Waals surface area contributed by atoms with E-state index in [9.17, 15) is 4.79 Å². The predicted octanol–water partition coefficient (Wildman–Crippen LogP) is 2.61.